The van der Waals surface area contributed by atoms with Crippen molar-refractivity contribution < 1.29 is 9.84 Å². The summed E-state index contributed by atoms with van der Waals surface area (Å²) < 4.78 is 7.02. The second kappa shape index (κ2) is 6.65. The number of aliphatic hydroxyl groups excluding tert-OH is 1. The van der Waals surface area contributed by atoms with Crippen molar-refractivity contribution in [2.24, 2.45) is 0 Å². The van der Waals surface area contributed by atoms with Gasteiger partial charge in [-0.15, -0.1) is 11.3 Å². The molecule has 25 heavy (non-hydrogen) atoms. The van der Waals surface area contributed by atoms with Gasteiger partial charge in [-0.1, -0.05) is 18.2 Å². The highest BCUT2D eigenvalue weighted by Crippen LogP contribution is 2.39. The molecule has 0 saturated carbocycles. The number of thiazole rings is 1. The molecule has 2 atom stereocenters. The zero-order chi connectivity index (χ0) is 17.4. The number of aliphatic hydroxyl groups is 1. The molecule has 1 aromatic heterocycles. The summed E-state index contributed by atoms with van der Waals surface area (Å²) in [4.78, 5) is 6.98. The zero-order valence-electron chi connectivity index (χ0n) is 14.5. The summed E-state index contributed by atoms with van der Waals surface area (Å²) in [6.07, 6.45) is -0.116. The Kier molecular flexibility index (Phi) is 4.36. The van der Waals surface area contributed by atoms with Crippen LogP contribution in [0.3, 0.4) is 0 Å². The molecule has 2 heterocycles. The monoisotopic (exact) mass is 354 g/mol. The van der Waals surface area contributed by atoms with E-state index in [1.165, 1.54) is 0 Å². The Morgan fingerprint density at radius 3 is 2.76 bits per heavy atom. The Hall–Kier alpha value is -2.11. The van der Waals surface area contributed by atoms with Gasteiger partial charge in [-0.25, -0.2) is 4.98 Å². The molecule has 0 bridgehead atoms. The summed E-state index contributed by atoms with van der Waals surface area (Å²) in [5.74, 6) is 0.665. The van der Waals surface area contributed by atoms with E-state index in [2.05, 4.69) is 36.9 Å². The van der Waals surface area contributed by atoms with E-state index in [-0.39, 0.29) is 5.92 Å². The van der Waals surface area contributed by atoms with Gasteiger partial charge < -0.3 is 14.7 Å². The van der Waals surface area contributed by atoms with Crippen molar-refractivity contribution in [2.45, 2.75) is 32.5 Å². The van der Waals surface area contributed by atoms with E-state index < -0.39 is 6.29 Å². The maximum Gasteiger partial charge on any atom is 0.207 e. The molecule has 0 amide bonds. The average Bonchev–Trinajstić information content (AvgIpc) is 3.06. The lowest BCUT2D eigenvalue weighted by Crippen LogP contribution is -2.31. The molecule has 0 aliphatic carbocycles. The first kappa shape index (κ1) is 16.4. The lowest BCUT2D eigenvalue weighted by atomic mass is 9.95. The van der Waals surface area contributed by atoms with Crippen LogP contribution < -0.4 is 9.64 Å². The van der Waals surface area contributed by atoms with Crippen LogP contribution in [0.15, 0.2) is 42.5 Å². The molecule has 3 aromatic rings. The number of anilines is 1. The molecular weight excluding hydrogens is 332 g/mol. The van der Waals surface area contributed by atoms with Gasteiger partial charge in [0.1, 0.15) is 10.8 Å². The molecule has 5 heteroatoms. The Labute approximate surface area is 151 Å². The summed E-state index contributed by atoms with van der Waals surface area (Å²) in [6, 6.07) is 14.4. The first-order valence-electron chi connectivity index (χ1n) is 8.77. The molecule has 2 unspecified atom stereocenters. The van der Waals surface area contributed by atoms with Crippen molar-refractivity contribution >= 4 is 27.2 Å². The van der Waals surface area contributed by atoms with E-state index in [9.17, 15) is 5.11 Å². The van der Waals surface area contributed by atoms with Crippen LogP contribution in [0.25, 0.3) is 10.2 Å². The van der Waals surface area contributed by atoms with Crippen molar-refractivity contribution in [1.29, 1.82) is 0 Å². The smallest absolute Gasteiger partial charge is 0.207 e. The van der Waals surface area contributed by atoms with Gasteiger partial charge in [-0.3, -0.25) is 0 Å². The molecule has 2 aromatic carbocycles. The Morgan fingerprint density at radius 2 is 2.00 bits per heavy atom. The lowest BCUT2D eigenvalue weighted by molar-refractivity contribution is -0.0480. The third-order valence-corrected chi connectivity index (χ3v) is 6.01. The topological polar surface area (TPSA) is 45.6 Å². The minimum atomic E-state index is -0.861. The third-order valence-electron chi connectivity index (χ3n) is 4.84. The summed E-state index contributed by atoms with van der Waals surface area (Å²) in [5, 5.41) is 11.5. The van der Waals surface area contributed by atoms with E-state index >= 15 is 0 Å². The number of hydrogen-bond donors (Lipinski definition) is 1. The number of para-hydroxylation sites is 1. The van der Waals surface area contributed by atoms with Crippen molar-refractivity contribution in [3.8, 4) is 5.75 Å². The highest BCUT2D eigenvalue weighted by atomic mass is 32.1. The van der Waals surface area contributed by atoms with Crippen LogP contribution in [0, 0.1) is 0 Å². The van der Waals surface area contributed by atoms with E-state index in [1.807, 2.05) is 24.3 Å². The summed E-state index contributed by atoms with van der Waals surface area (Å²) >= 11 is 1.64. The summed E-state index contributed by atoms with van der Waals surface area (Å²) in [6.45, 7) is 6.18. The maximum absolute atomic E-state index is 10.6. The van der Waals surface area contributed by atoms with Crippen LogP contribution in [0.4, 0.5) is 5.69 Å². The van der Waals surface area contributed by atoms with Crippen LogP contribution in [0.1, 0.15) is 30.3 Å². The lowest BCUT2D eigenvalue weighted by Gasteiger charge is -2.30. The number of ether oxygens (including phenoxy) is 1. The van der Waals surface area contributed by atoms with Crippen molar-refractivity contribution in [2.75, 3.05) is 18.0 Å². The average molecular weight is 354 g/mol. The van der Waals surface area contributed by atoms with Gasteiger partial charge in [-0.05, 0) is 44.0 Å². The molecule has 0 saturated heterocycles. The first-order valence-corrected chi connectivity index (χ1v) is 9.59. The van der Waals surface area contributed by atoms with Crippen molar-refractivity contribution in [3.63, 3.8) is 0 Å². The number of aromatic nitrogens is 1. The molecule has 0 radical (unpaired) electrons. The molecule has 0 spiro atoms. The predicted octanol–water partition coefficient (Wildman–Crippen LogP) is 4.18. The molecule has 0 fully saturated rings. The molecule has 4 nitrogen and oxygen atoms in total. The molecule has 1 aliphatic rings. The van der Waals surface area contributed by atoms with E-state index in [0.29, 0.717) is 0 Å². The molecule has 4 rings (SSSR count). The highest BCUT2D eigenvalue weighted by molar-refractivity contribution is 7.18. The molecule has 1 N–H and O–H groups in total. The normalized spacial score (nSPS) is 19.5. The highest BCUT2D eigenvalue weighted by Gasteiger charge is 2.32. The van der Waals surface area contributed by atoms with Crippen molar-refractivity contribution in [1.82, 2.24) is 4.98 Å². The fourth-order valence-corrected chi connectivity index (χ4v) is 4.50. The largest absolute Gasteiger partial charge is 0.464 e. The number of rotatable bonds is 4. The fourth-order valence-electron chi connectivity index (χ4n) is 3.41. The zero-order valence-corrected chi connectivity index (χ0v) is 15.3. The standard InChI is InChI=1S/C20H22N2O2S/c1-3-22(4-2)14-10-9-13-11-15(20(23)24-17(13)12-14)19-21-16-7-5-6-8-18(16)25-19/h5-10,12,15,20,23H,3-4,11H2,1-2H3. The van der Waals surface area contributed by atoms with Gasteiger partial charge in [0.15, 0.2) is 0 Å². The van der Waals surface area contributed by atoms with Gasteiger partial charge in [0.2, 0.25) is 6.29 Å². The number of benzene rings is 2. The minimum Gasteiger partial charge on any atom is -0.464 e. The quantitative estimate of drug-likeness (QED) is 0.763. The van der Waals surface area contributed by atoms with Crippen LogP contribution in [-0.2, 0) is 6.42 Å². The van der Waals surface area contributed by atoms with Gasteiger partial charge >= 0.3 is 0 Å². The van der Waals surface area contributed by atoms with Crippen LogP contribution >= 0.6 is 11.3 Å². The number of hydrogen-bond acceptors (Lipinski definition) is 5. The van der Waals surface area contributed by atoms with Crippen LogP contribution in [0.2, 0.25) is 0 Å². The third kappa shape index (κ3) is 2.98. The van der Waals surface area contributed by atoms with E-state index in [4.69, 9.17) is 9.72 Å². The van der Waals surface area contributed by atoms with Gasteiger partial charge in [0.05, 0.1) is 16.1 Å². The van der Waals surface area contributed by atoms with Crippen LogP contribution in [0.5, 0.6) is 5.75 Å². The maximum atomic E-state index is 10.6. The number of fused-ring (bicyclic) bond motifs is 2. The summed E-state index contributed by atoms with van der Waals surface area (Å²) in [7, 11) is 0. The Balaban J connectivity index is 1.64. The van der Waals surface area contributed by atoms with Crippen molar-refractivity contribution in [3.05, 3.63) is 53.0 Å². The van der Waals surface area contributed by atoms with Gasteiger partial charge in [-0.2, -0.15) is 0 Å². The van der Waals surface area contributed by atoms with Crippen LogP contribution in [-0.4, -0.2) is 29.5 Å². The molecule has 130 valence electrons. The second-order valence-corrected chi connectivity index (χ2v) is 7.37. The predicted molar refractivity (Wildman–Crippen MR) is 103 cm³/mol. The number of nitrogens with zero attached hydrogens (tertiary/aromatic N) is 2. The van der Waals surface area contributed by atoms with Gasteiger partial charge in [0.25, 0.3) is 0 Å². The van der Waals surface area contributed by atoms with E-state index in [1.54, 1.807) is 11.3 Å². The molecule has 1 aliphatic heterocycles. The second-order valence-electron chi connectivity index (χ2n) is 6.30. The Bertz CT molecular complexity index is 855. The minimum absolute atomic E-state index is 0.121. The van der Waals surface area contributed by atoms with E-state index in [0.717, 1.165) is 51.7 Å². The molecular formula is C20H22N2O2S. The first-order chi connectivity index (χ1) is 12.2. The summed E-state index contributed by atoms with van der Waals surface area (Å²) in [5.41, 5.74) is 3.25. The SMILES string of the molecule is CCN(CC)c1ccc2c(c1)OC(O)C(c1nc3ccccc3s1)C2. The fraction of sp³-hybridized carbons (Fsp3) is 0.350. The van der Waals surface area contributed by atoms with Gasteiger partial charge in [0, 0.05) is 24.8 Å². The Morgan fingerprint density at radius 1 is 1.20 bits per heavy atom.